The van der Waals surface area contributed by atoms with E-state index in [1.54, 1.807) is 42.1 Å². The van der Waals surface area contributed by atoms with Crippen LogP contribution >= 0.6 is 0 Å². The van der Waals surface area contributed by atoms with Crippen molar-refractivity contribution in [3.05, 3.63) is 78.2 Å². The minimum atomic E-state index is -1.66. The number of anilines is 2. The number of nitrogens with two attached hydrogens (primary N) is 1. The number of allylic oxidation sites excluding steroid dienone is 4. The molecule has 0 fully saturated rings. The molecule has 2 aromatic heterocycles. The summed E-state index contributed by atoms with van der Waals surface area (Å²) in [6.45, 7) is 10.4. The van der Waals surface area contributed by atoms with E-state index in [1.165, 1.54) is 0 Å². The van der Waals surface area contributed by atoms with Crippen LogP contribution in [0.3, 0.4) is 0 Å². The van der Waals surface area contributed by atoms with Gasteiger partial charge in [-0.05, 0) is 31.0 Å². The Bertz CT molecular complexity index is 1280. The molecule has 8 heteroatoms. The molecule has 4 N–H and O–H groups in total. The number of aromatic nitrogens is 3. The van der Waals surface area contributed by atoms with Crippen molar-refractivity contribution in [1.29, 1.82) is 0 Å². The second-order valence-electron chi connectivity index (χ2n) is 8.60. The lowest BCUT2D eigenvalue weighted by Crippen LogP contribution is -2.31. The second-order valence-corrected chi connectivity index (χ2v) is 8.60. The highest BCUT2D eigenvalue weighted by atomic mass is 19.2. The van der Waals surface area contributed by atoms with Crippen LogP contribution in [0.15, 0.2) is 61.3 Å². The molecule has 0 aliphatic heterocycles. The number of alkyl halides is 1. The molecule has 3 unspecified atom stereocenters. The van der Waals surface area contributed by atoms with Gasteiger partial charge in [0.2, 0.25) is 0 Å². The number of hydrogen-bond acceptors (Lipinski definition) is 5. The third kappa shape index (κ3) is 4.46. The first-order valence-corrected chi connectivity index (χ1v) is 11.4. The second kappa shape index (κ2) is 9.77. The number of nitrogens with zero attached hydrogens (tertiary/aromatic N) is 3. The van der Waals surface area contributed by atoms with E-state index >= 15 is 0 Å². The maximum Gasteiger partial charge on any atom is 0.180 e. The molecule has 1 aromatic carbocycles. The van der Waals surface area contributed by atoms with Gasteiger partial charge >= 0.3 is 0 Å². The van der Waals surface area contributed by atoms with Crippen molar-refractivity contribution in [2.75, 3.05) is 11.9 Å². The molecule has 0 saturated heterocycles. The molecule has 1 aliphatic carbocycles. The third-order valence-corrected chi connectivity index (χ3v) is 6.08. The van der Waals surface area contributed by atoms with Crippen LogP contribution in [0.5, 0.6) is 0 Å². The fraction of sp³-hybridized carbons (Fsp3) is 0.308. The molecule has 3 atom stereocenters. The lowest BCUT2D eigenvalue weighted by Gasteiger charge is -2.19. The van der Waals surface area contributed by atoms with Gasteiger partial charge in [-0.25, -0.2) is 18.7 Å². The molecule has 0 saturated carbocycles. The largest absolute Gasteiger partial charge is 0.381 e. The van der Waals surface area contributed by atoms with Gasteiger partial charge in [0.25, 0.3) is 0 Å². The molecule has 0 spiro atoms. The van der Waals surface area contributed by atoms with Crippen molar-refractivity contribution in [3.63, 3.8) is 0 Å². The summed E-state index contributed by atoms with van der Waals surface area (Å²) >= 11 is 0. The smallest absolute Gasteiger partial charge is 0.180 e. The van der Waals surface area contributed by atoms with Crippen molar-refractivity contribution >= 4 is 28.4 Å². The molecule has 0 bridgehead atoms. The lowest BCUT2D eigenvalue weighted by atomic mass is 9.94. The predicted molar refractivity (Wildman–Crippen MR) is 134 cm³/mol. The highest BCUT2D eigenvalue weighted by Crippen LogP contribution is 2.34. The first-order valence-electron chi connectivity index (χ1n) is 11.4. The van der Waals surface area contributed by atoms with Crippen molar-refractivity contribution in [2.24, 2.45) is 11.7 Å². The summed E-state index contributed by atoms with van der Waals surface area (Å²) in [6.07, 6.45) is 7.29. The van der Waals surface area contributed by atoms with E-state index in [-0.39, 0.29) is 11.6 Å². The van der Waals surface area contributed by atoms with E-state index in [2.05, 4.69) is 34.1 Å². The fourth-order valence-electron chi connectivity index (χ4n) is 4.05. The van der Waals surface area contributed by atoms with Gasteiger partial charge < -0.3 is 16.4 Å². The Labute approximate surface area is 198 Å². The van der Waals surface area contributed by atoms with Gasteiger partial charge in [0.15, 0.2) is 17.6 Å². The Balaban J connectivity index is 1.65. The molecule has 178 valence electrons. The monoisotopic (exact) mass is 464 g/mol. The first kappa shape index (κ1) is 23.6. The number of halogens is 2. The van der Waals surface area contributed by atoms with E-state index < -0.39 is 17.9 Å². The SMILES string of the molecule is C=C(NC(C)CN)c1ccc(Nc2nccn3c(C4=C(F)C(F)C(C)C=C4)cnc23)cc1CC. The Morgan fingerprint density at radius 2 is 2.12 bits per heavy atom. The molecule has 3 aromatic rings. The lowest BCUT2D eigenvalue weighted by molar-refractivity contribution is 0.273. The van der Waals surface area contributed by atoms with E-state index in [0.717, 1.165) is 28.9 Å². The predicted octanol–water partition coefficient (Wildman–Crippen LogP) is 5.17. The Morgan fingerprint density at radius 1 is 1.32 bits per heavy atom. The minimum Gasteiger partial charge on any atom is -0.381 e. The van der Waals surface area contributed by atoms with E-state index in [9.17, 15) is 8.78 Å². The van der Waals surface area contributed by atoms with Crippen LogP contribution in [0.1, 0.15) is 37.6 Å². The van der Waals surface area contributed by atoms with Crippen molar-refractivity contribution in [2.45, 2.75) is 39.4 Å². The molecular formula is C26H30F2N6. The minimum absolute atomic E-state index is 0.126. The highest BCUT2D eigenvalue weighted by Gasteiger charge is 2.28. The average Bonchev–Trinajstić information content (AvgIpc) is 3.27. The van der Waals surface area contributed by atoms with Crippen LogP contribution in [-0.2, 0) is 6.42 Å². The van der Waals surface area contributed by atoms with Crippen LogP contribution in [0.2, 0.25) is 0 Å². The number of nitrogens with one attached hydrogen (secondary N) is 2. The highest BCUT2D eigenvalue weighted by molar-refractivity contribution is 5.80. The first-order chi connectivity index (χ1) is 16.3. The summed E-state index contributed by atoms with van der Waals surface area (Å²) in [5.74, 6) is -0.755. The summed E-state index contributed by atoms with van der Waals surface area (Å²) in [6, 6.07) is 6.13. The molecular weight excluding hydrogens is 434 g/mol. The van der Waals surface area contributed by atoms with Gasteiger partial charge in [-0.3, -0.25) is 4.40 Å². The van der Waals surface area contributed by atoms with Gasteiger partial charge in [-0.15, -0.1) is 0 Å². The maximum absolute atomic E-state index is 14.7. The maximum atomic E-state index is 14.7. The molecule has 6 nitrogen and oxygen atoms in total. The summed E-state index contributed by atoms with van der Waals surface area (Å²) in [5, 5.41) is 6.64. The zero-order valence-corrected chi connectivity index (χ0v) is 19.6. The van der Waals surface area contributed by atoms with Crippen molar-refractivity contribution in [1.82, 2.24) is 19.7 Å². The van der Waals surface area contributed by atoms with Crippen molar-refractivity contribution in [3.8, 4) is 0 Å². The molecule has 34 heavy (non-hydrogen) atoms. The quantitative estimate of drug-likeness (QED) is 0.429. The van der Waals surface area contributed by atoms with E-state index in [4.69, 9.17) is 5.73 Å². The number of imidazole rings is 1. The number of benzene rings is 1. The molecule has 0 radical (unpaired) electrons. The van der Waals surface area contributed by atoms with Gasteiger partial charge in [0, 0.05) is 53.4 Å². The fourth-order valence-corrected chi connectivity index (χ4v) is 4.05. The summed E-state index contributed by atoms with van der Waals surface area (Å²) in [5.41, 5.74) is 10.7. The van der Waals surface area contributed by atoms with E-state index in [0.29, 0.717) is 23.7 Å². The number of fused-ring (bicyclic) bond motifs is 1. The van der Waals surface area contributed by atoms with Gasteiger partial charge in [-0.1, -0.05) is 38.6 Å². The average molecular weight is 465 g/mol. The molecule has 4 rings (SSSR count). The zero-order valence-electron chi connectivity index (χ0n) is 19.6. The topological polar surface area (TPSA) is 80.3 Å². The van der Waals surface area contributed by atoms with Gasteiger partial charge in [-0.2, -0.15) is 0 Å². The zero-order chi connectivity index (χ0) is 24.4. The third-order valence-electron chi connectivity index (χ3n) is 6.08. The molecule has 1 aliphatic rings. The van der Waals surface area contributed by atoms with Gasteiger partial charge in [0.05, 0.1) is 11.9 Å². The van der Waals surface area contributed by atoms with Crippen LogP contribution in [0.4, 0.5) is 20.3 Å². The molecule has 0 amide bonds. The summed E-state index contributed by atoms with van der Waals surface area (Å²) in [4.78, 5) is 8.87. The van der Waals surface area contributed by atoms with Crippen LogP contribution in [0.25, 0.3) is 16.9 Å². The number of aryl methyl sites for hydroxylation is 1. The molecule has 2 heterocycles. The van der Waals surface area contributed by atoms with Crippen LogP contribution in [-0.4, -0.2) is 33.1 Å². The number of rotatable bonds is 8. The standard InChI is InChI=1S/C26H30F2N6/c1-5-18-12-19(7-9-20(18)17(4)32-16(3)13-29)33-25-26-31-14-22(34(26)11-10-30-25)21-8-6-15(2)23(27)24(21)28/h6-12,14-16,23,32H,4-5,13,29H2,1-3H3,(H,30,33). The van der Waals surface area contributed by atoms with Gasteiger partial charge in [0.1, 0.15) is 5.83 Å². The van der Waals surface area contributed by atoms with Crippen LogP contribution in [0, 0.1) is 5.92 Å². The Kier molecular flexibility index (Phi) is 6.79. The normalized spacial score (nSPS) is 18.9. The van der Waals surface area contributed by atoms with Crippen molar-refractivity contribution < 1.29 is 8.78 Å². The Hall–Kier alpha value is -3.52. The van der Waals surface area contributed by atoms with E-state index in [1.807, 2.05) is 25.1 Å². The Morgan fingerprint density at radius 3 is 2.85 bits per heavy atom. The summed E-state index contributed by atoms with van der Waals surface area (Å²) in [7, 11) is 0. The van der Waals surface area contributed by atoms with Crippen LogP contribution < -0.4 is 16.4 Å². The number of hydrogen-bond donors (Lipinski definition) is 3. The summed E-state index contributed by atoms with van der Waals surface area (Å²) < 4.78 is 30.7.